The molecule has 6 heteroatoms. The summed E-state index contributed by atoms with van der Waals surface area (Å²) in [5.41, 5.74) is 0.382. The van der Waals surface area contributed by atoms with Crippen LogP contribution in [0.1, 0.15) is 6.92 Å². The lowest BCUT2D eigenvalue weighted by Crippen LogP contribution is -2.22. The molecule has 1 unspecified atom stereocenters. The second-order valence-corrected chi connectivity index (χ2v) is 6.57. The molecule has 2 N–H and O–H groups in total. The number of thioether (sulfide) groups is 1. The van der Waals surface area contributed by atoms with Gasteiger partial charge >= 0.3 is 0 Å². The SMILES string of the molecule is CC(Sc1cc(Cl)ccc1Cl)C(=O)Nc1ccccc1O. The summed E-state index contributed by atoms with van der Waals surface area (Å²) in [6.07, 6.45) is 0. The Bertz CT molecular complexity index is 664. The van der Waals surface area contributed by atoms with Gasteiger partial charge in [0.05, 0.1) is 16.0 Å². The lowest BCUT2D eigenvalue weighted by atomic mass is 10.3. The van der Waals surface area contributed by atoms with Crippen molar-refractivity contribution in [3.05, 3.63) is 52.5 Å². The molecule has 0 spiro atoms. The zero-order valence-electron chi connectivity index (χ0n) is 11.1. The zero-order valence-corrected chi connectivity index (χ0v) is 13.5. The van der Waals surface area contributed by atoms with Crippen LogP contribution in [0.4, 0.5) is 5.69 Å². The highest BCUT2D eigenvalue weighted by molar-refractivity contribution is 8.00. The molecular weight excluding hydrogens is 329 g/mol. The molecule has 1 amide bonds. The van der Waals surface area contributed by atoms with E-state index in [4.69, 9.17) is 23.2 Å². The lowest BCUT2D eigenvalue weighted by Gasteiger charge is -2.13. The predicted octanol–water partition coefficient (Wildman–Crippen LogP) is 4.82. The number of para-hydroxylation sites is 2. The number of aromatic hydroxyl groups is 1. The van der Waals surface area contributed by atoms with Gasteiger partial charge < -0.3 is 10.4 Å². The number of hydrogen-bond acceptors (Lipinski definition) is 3. The summed E-state index contributed by atoms with van der Waals surface area (Å²) in [7, 11) is 0. The van der Waals surface area contributed by atoms with Gasteiger partial charge in [0.15, 0.2) is 0 Å². The number of hydrogen-bond donors (Lipinski definition) is 2. The zero-order chi connectivity index (χ0) is 15.4. The van der Waals surface area contributed by atoms with Crippen molar-refractivity contribution in [1.29, 1.82) is 0 Å². The van der Waals surface area contributed by atoms with Gasteiger partial charge in [-0.3, -0.25) is 4.79 Å². The van der Waals surface area contributed by atoms with E-state index in [1.807, 2.05) is 0 Å². The topological polar surface area (TPSA) is 49.3 Å². The van der Waals surface area contributed by atoms with E-state index in [0.29, 0.717) is 15.7 Å². The van der Waals surface area contributed by atoms with Crippen molar-refractivity contribution in [3.63, 3.8) is 0 Å². The maximum absolute atomic E-state index is 12.1. The Labute approximate surface area is 137 Å². The molecule has 0 saturated heterocycles. The average molecular weight is 342 g/mol. The second kappa shape index (κ2) is 7.07. The number of nitrogens with one attached hydrogen (secondary N) is 1. The van der Waals surface area contributed by atoms with E-state index >= 15 is 0 Å². The van der Waals surface area contributed by atoms with E-state index in [1.54, 1.807) is 43.3 Å². The normalized spacial score (nSPS) is 12.0. The van der Waals surface area contributed by atoms with Crippen molar-refractivity contribution in [1.82, 2.24) is 0 Å². The van der Waals surface area contributed by atoms with Gasteiger partial charge in [-0.05, 0) is 37.3 Å². The summed E-state index contributed by atoms with van der Waals surface area (Å²) >= 11 is 13.3. The van der Waals surface area contributed by atoms with Gasteiger partial charge in [0.1, 0.15) is 5.75 Å². The molecule has 3 nitrogen and oxygen atoms in total. The Kier molecular flexibility index (Phi) is 5.39. The van der Waals surface area contributed by atoms with E-state index < -0.39 is 0 Å². The summed E-state index contributed by atoms with van der Waals surface area (Å²) in [5, 5.41) is 13.1. The molecule has 21 heavy (non-hydrogen) atoms. The van der Waals surface area contributed by atoms with Crippen LogP contribution in [0.25, 0.3) is 0 Å². The summed E-state index contributed by atoms with van der Waals surface area (Å²) < 4.78 is 0. The third-order valence-electron chi connectivity index (χ3n) is 2.73. The Balaban J connectivity index is 2.06. The molecule has 0 aliphatic carbocycles. The number of benzene rings is 2. The van der Waals surface area contributed by atoms with Gasteiger partial charge in [-0.25, -0.2) is 0 Å². The van der Waals surface area contributed by atoms with Gasteiger partial charge in [-0.2, -0.15) is 0 Å². The molecule has 0 aliphatic rings. The molecule has 0 heterocycles. The van der Waals surface area contributed by atoms with E-state index in [9.17, 15) is 9.90 Å². The minimum atomic E-state index is -0.388. The number of halogens is 2. The molecule has 1 atom stereocenters. The van der Waals surface area contributed by atoms with E-state index in [1.165, 1.54) is 17.8 Å². The molecule has 0 fully saturated rings. The number of phenols is 1. The highest BCUT2D eigenvalue weighted by atomic mass is 35.5. The molecule has 2 aromatic carbocycles. The van der Waals surface area contributed by atoms with Crippen LogP contribution in [0.5, 0.6) is 5.75 Å². The fourth-order valence-electron chi connectivity index (χ4n) is 1.63. The van der Waals surface area contributed by atoms with Crippen molar-refractivity contribution in [3.8, 4) is 5.75 Å². The van der Waals surface area contributed by atoms with E-state index in [2.05, 4.69) is 5.32 Å². The molecule has 2 aromatic rings. The highest BCUT2D eigenvalue weighted by Gasteiger charge is 2.17. The van der Waals surface area contributed by atoms with Crippen molar-refractivity contribution < 1.29 is 9.90 Å². The molecular formula is C15H13Cl2NO2S. The Morgan fingerprint density at radius 2 is 1.95 bits per heavy atom. The molecule has 2 rings (SSSR count). The van der Waals surface area contributed by atoms with Crippen molar-refractivity contribution in [2.45, 2.75) is 17.1 Å². The Hall–Kier alpha value is -1.36. The van der Waals surface area contributed by atoms with Crippen LogP contribution in [0.15, 0.2) is 47.4 Å². The van der Waals surface area contributed by atoms with Crippen molar-refractivity contribution >= 4 is 46.6 Å². The maximum Gasteiger partial charge on any atom is 0.237 e. The lowest BCUT2D eigenvalue weighted by molar-refractivity contribution is -0.115. The summed E-state index contributed by atoms with van der Waals surface area (Å²) in [6.45, 7) is 1.76. The fourth-order valence-corrected chi connectivity index (χ4v) is 3.04. The number of rotatable bonds is 4. The van der Waals surface area contributed by atoms with Crippen LogP contribution in [0, 0.1) is 0 Å². The summed E-state index contributed by atoms with van der Waals surface area (Å²) in [5.74, 6) is -0.193. The van der Waals surface area contributed by atoms with Crippen LogP contribution in [-0.4, -0.2) is 16.3 Å². The third-order valence-corrected chi connectivity index (χ3v) is 4.56. The average Bonchev–Trinajstić information content (AvgIpc) is 2.45. The van der Waals surface area contributed by atoms with Crippen LogP contribution >= 0.6 is 35.0 Å². The first-order chi connectivity index (χ1) is 9.97. The first-order valence-electron chi connectivity index (χ1n) is 6.18. The predicted molar refractivity (Wildman–Crippen MR) is 88.5 cm³/mol. The molecule has 0 saturated carbocycles. The van der Waals surface area contributed by atoms with Crippen LogP contribution in [0.3, 0.4) is 0 Å². The Morgan fingerprint density at radius 1 is 1.24 bits per heavy atom. The Morgan fingerprint density at radius 3 is 2.67 bits per heavy atom. The number of phenolic OH excluding ortho intramolecular Hbond substituents is 1. The van der Waals surface area contributed by atoms with Gasteiger partial charge in [-0.1, -0.05) is 35.3 Å². The molecule has 0 bridgehead atoms. The van der Waals surface area contributed by atoms with Crippen LogP contribution in [0.2, 0.25) is 10.0 Å². The largest absolute Gasteiger partial charge is 0.506 e. The molecule has 0 radical (unpaired) electrons. The van der Waals surface area contributed by atoms with Gasteiger partial charge in [0.2, 0.25) is 5.91 Å². The van der Waals surface area contributed by atoms with E-state index in [-0.39, 0.29) is 16.9 Å². The van der Waals surface area contributed by atoms with Crippen molar-refractivity contribution in [2.75, 3.05) is 5.32 Å². The number of anilines is 1. The van der Waals surface area contributed by atoms with Crippen LogP contribution in [-0.2, 0) is 4.79 Å². The first kappa shape index (κ1) is 16.0. The monoisotopic (exact) mass is 341 g/mol. The smallest absolute Gasteiger partial charge is 0.237 e. The summed E-state index contributed by atoms with van der Waals surface area (Å²) in [4.78, 5) is 12.9. The number of amides is 1. The van der Waals surface area contributed by atoms with Gasteiger partial charge in [-0.15, -0.1) is 11.8 Å². The highest BCUT2D eigenvalue weighted by Crippen LogP contribution is 2.33. The number of carbonyl (C=O) groups is 1. The molecule has 0 aromatic heterocycles. The summed E-state index contributed by atoms with van der Waals surface area (Å²) in [6, 6.07) is 11.7. The fraction of sp³-hybridized carbons (Fsp3) is 0.133. The third kappa shape index (κ3) is 4.30. The van der Waals surface area contributed by atoms with Gasteiger partial charge in [0, 0.05) is 9.92 Å². The molecule has 0 aliphatic heterocycles. The first-order valence-corrected chi connectivity index (χ1v) is 7.81. The standard InChI is InChI=1S/C15H13Cl2NO2S/c1-9(21-14-8-10(16)6-7-11(14)17)15(20)18-12-4-2-3-5-13(12)19/h2-9,19H,1H3,(H,18,20). The maximum atomic E-state index is 12.1. The van der Waals surface area contributed by atoms with Gasteiger partial charge in [0.25, 0.3) is 0 Å². The van der Waals surface area contributed by atoms with Crippen LogP contribution < -0.4 is 5.32 Å². The quantitative estimate of drug-likeness (QED) is 0.619. The second-order valence-electron chi connectivity index (χ2n) is 4.34. The number of carbonyl (C=O) groups excluding carboxylic acids is 1. The van der Waals surface area contributed by atoms with E-state index in [0.717, 1.165) is 4.90 Å². The molecule has 110 valence electrons. The minimum absolute atomic E-state index is 0.0313. The van der Waals surface area contributed by atoms with Crippen molar-refractivity contribution in [2.24, 2.45) is 0 Å². The minimum Gasteiger partial charge on any atom is -0.506 e.